The summed E-state index contributed by atoms with van der Waals surface area (Å²) in [5.74, 6) is 0.102. The van der Waals surface area contributed by atoms with E-state index >= 15 is 0 Å². The second-order valence-corrected chi connectivity index (χ2v) is 12.4. The number of nitrogens with one attached hydrogen (secondary N) is 2. The number of aliphatic hydroxyl groups is 10. The number of carbonyl (C=O) groups is 2. The number of fused-ring (bicyclic) bond motifs is 1. The fourth-order valence-corrected chi connectivity index (χ4v) is 5.89. The van der Waals surface area contributed by atoms with Crippen molar-refractivity contribution in [2.24, 2.45) is 5.73 Å². The zero-order chi connectivity index (χ0) is 37.7. The summed E-state index contributed by atoms with van der Waals surface area (Å²) in [6.07, 6.45) is -14.1. The van der Waals surface area contributed by atoms with Crippen molar-refractivity contribution in [1.29, 1.82) is 0 Å². The van der Waals surface area contributed by atoms with E-state index in [-0.39, 0.29) is 38.4 Å². The number of carbonyl (C=O) groups excluding carboxylic acids is 2. The third kappa shape index (κ3) is 11.6. The van der Waals surface area contributed by atoms with Crippen molar-refractivity contribution in [3.05, 3.63) is 29.6 Å². The number of hydrogen-bond donors (Lipinski definition) is 13. The molecule has 1 aromatic heterocycles. The molecule has 14 N–H and O–H groups in total. The van der Waals surface area contributed by atoms with E-state index in [4.69, 9.17) is 15.9 Å². The van der Waals surface area contributed by atoms with Crippen LogP contribution in [0.2, 0.25) is 0 Å². The van der Waals surface area contributed by atoms with Gasteiger partial charge >= 0.3 is 0 Å². The summed E-state index contributed by atoms with van der Waals surface area (Å²) in [5, 5.41) is 105. The molecule has 0 aliphatic rings. The molecule has 1 heterocycles. The Hall–Kier alpha value is -2.85. The molecule has 9 atom stereocenters. The van der Waals surface area contributed by atoms with Gasteiger partial charge in [0.05, 0.1) is 44.6 Å². The number of imidazole rings is 1. The summed E-state index contributed by atoms with van der Waals surface area (Å²) in [6, 6.07) is 4.65. The minimum Gasteiger partial charge on any atom is -0.394 e. The summed E-state index contributed by atoms with van der Waals surface area (Å²) >= 11 is 0. The van der Waals surface area contributed by atoms with Crippen LogP contribution in [0.15, 0.2) is 18.2 Å². The average molecular weight is 718 g/mol. The molecule has 50 heavy (non-hydrogen) atoms. The zero-order valence-electron chi connectivity index (χ0n) is 28.9. The van der Waals surface area contributed by atoms with Gasteiger partial charge < -0.3 is 67.4 Å². The number of amides is 2. The number of benzene rings is 1. The average Bonchev–Trinajstić information content (AvgIpc) is 3.38. The number of primary amides is 1. The normalized spacial score (nSPS) is 17.6. The Morgan fingerprint density at radius 1 is 0.860 bits per heavy atom. The molecule has 0 unspecified atom stereocenters. The summed E-state index contributed by atoms with van der Waals surface area (Å²) < 4.78 is 4.30. The highest BCUT2D eigenvalue weighted by molar-refractivity contribution is 5.97. The Morgan fingerprint density at radius 3 is 1.88 bits per heavy atom. The van der Waals surface area contributed by atoms with Gasteiger partial charge in [0.15, 0.2) is 11.0 Å². The lowest BCUT2D eigenvalue weighted by Gasteiger charge is -2.33. The van der Waals surface area contributed by atoms with Crippen LogP contribution in [-0.4, -0.2) is 173 Å². The molecule has 0 aliphatic heterocycles. The van der Waals surface area contributed by atoms with Gasteiger partial charge in [-0.1, -0.05) is 0 Å². The van der Waals surface area contributed by atoms with Crippen LogP contribution < -0.4 is 20.9 Å². The third-order valence-corrected chi connectivity index (χ3v) is 8.88. The molecule has 1 aromatic carbocycles. The first-order valence-electron chi connectivity index (χ1n) is 16.8. The van der Waals surface area contributed by atoms with E-state index in [9.17, 15) is 50.4 Å². The Morgan fingerprint density at radius 2 is 1.40 bits per heavy atom. The highest BCUT2D eigenvalue weighted by atomic mass is 16.4. The van der Waals surface area contributed by atoms with Crippen LogP contribution in [0, 0.1) is 6.92 Å². The van der Waals surface area contributed by atoms with Crippen LogP contribution in [0.5, 0.6) is 0 Å². The molecule has 286 valence electrons. The number of aliphatic hydroxyl groups excluding tert-OH is 10. The predicted octanol–water partition coefficient (Wildman–Crippen LogP) is -5.60. The molecule has 18 nitrogen and oxygen atoms in total. The lowest BCUT2D eigenvalue weighted by Crippen LogP contribution is -2.53. The molecule has 0 saturated carbocycles. The zero-order valence-corrected chi connectivity index (χ0v) is 28.9. The molecule has 0 aliphatic carbocycles. The van der Waals surface area contributed by atoms with Crippen molar-refractivity contribution < 1.29 is 65.2 Å². The van der Waals surface area contributed by atoms with Gasteiger partial charge in [-0.2, -0.15) is 0 Å². The summed E-state index contributed by atoms with van der Waals surface area (Å²) in [6.45, 7) is 5.40. The van der Waals surface area contributed by atoms with Crippen molar-refractivity contribution in [2.45, 2.75) is 102 Å². The van der Waals surface area contributed by atoms with Crippen molar-refractivity contribution in [1.82, 2.24) is 20.1 Å². The molecule has 2 rings (SSSR count). The second-order valence-electron chi connectivity index (χ2n) is 12.4. The number of rotatable bonds is 24. The minimum absolute atomic E-state index is 0.0551. The maximum atomic E-state index is 13.0. The standard InChI is InChI=1S/C32H56N6O12/c1-4-37-18(3)38(5-2)22-13-19(7-8-21(22)37)32(50)35-11-9-20(31(33)49)34-10-6-12-36(14-23(41)27(45)29(47)25(43)16-39)15-24(42)28(46)30(48)26(44)17-40/h7-8,13,20,23-30,34,39-48H,4-6,9-12,14-17H2,1-3H3,(H2-,33,35,49,50)/p+1/t20-,23-,24-,25+,26+,27+,28+,29+,30+/m0/s1. The molecular formula is C32H57N6O12+. The third-order valence-electron chi connectivity index (χ3n) is 8.88. The van der Waals surface area contributed by atoms with Gasteiger partial charge in [0.2, 0.25) is 5.91 Å². The smallest absolute Gasteiger partial charge is 0.254 e. The van der Waals surface area contributed by atoms with E-state index in [0.29, 0.717) is 5.56 Å². The first-order valence-corrected chi connectivity index (χ1v) is 16.8. The molecule has 0 fully saturated rings. The van der Waals surface area contributed by atoms with E-state index in [1.807, 2.05) is 26.0 Å². The van der Waals surface area contributed by atoms with Gasteiger partial charge in [-0.15, -0.1) is 0 Å². The van der Waals surface area contributed by atoms with Crippen LogP contribution in [-0.2, 0) is 17.9 Å². The molecule has 2 amide bonds. The number of nitrogens with zero attached hydrogens (tertiary/aromatic N) is 3. The number of aromatic nitrogens is 2. The van der Waals surface area contributed by atoms with E-state index < -0.39 is 87.1 Å². The molecule has 0 radical (unpaired) electrons. The maximum Gasteiger partial charge on any atom is 0.254 e. The monoisotopic (exact) mass is 717 g/mol. The van der Waals surface area contributed by atoms with E-state index in [1.165, 1.54) is 4.90 Å². The first kappa shape index (κ1) is 43.3. The van der Waals surface area contributed by atoms with E-state index in [1.54, 1.807) is 6.07 Å². The molecule has 18 heteroatoms. The quantitative estimate of drug-likeness (QED) is 0.0356. The number of hydrogen-bond acceptors (Lipinski definition) is 14. The number of nitrogens with two attached hydrogens (primary N) is 1. The first-order chi connectivity index (χ1) is 23.6. The molecule has 2 aromatic rings. The predicted molar refractivity (Wildman–Crippen MR) is 179 cm³/mol. The lowest BCUT2D eigenvalue weighted by molar-refractivity contribution is -0.674. The van der Waals surface area contributed by atoms with Crippen molar-refractivity contribution in [2.75, 3.05) is 45.9 Å². The highest BCUT2D eigenvalue weighted by Crippen LogP contribution is 2.17. The van der Waals surface area contributed by atoms with E-state index in [2.05, 4.69) is 26.7 Å². The molecule has 0 saturated heterocycles. The van der Waals surface area contributed by atoms with Gasteiger partial charge in [-0.25, -0.2) is 9.13 Å². The van der Waals surface area contributed by atoms with Gasteiger partial charge in [-0.3, -0.25) is 14.5 Å². The van der Waals surface area contributed by atoms with Gasteiger partial charge in [0.25, 0.3) is 11.7 Å². The topological polar surface area (TPSA) is 299 Å². The summed E-state index contributed by atoms with van der Waals surface area (Å²) in [5.41, 5.74) is 8.01. The van der Waals surface area contributed by atoms with Crippen molar-refractivity contribution >= 4 is 22.8 Å². The molecule has 0 spiro atoms. The van der Waals surface area contributed by atoms with Gasteiger partial charge in [0, 0.05) is 38.2 Å². The van der Waals surface area contributed by atoms with Crippen LogP contribution in [0.3, 0.4) is 0 Å². The lowest BCUT2D eigenvalue weighted by atomic mass is 10.0. The summed E-state index contributed by atoms with van der Waals surface area (Å²) in [4.78, 5) is 26.5. The Labute approximate surface area is 291 Å². The van der Waals surface area contributed by atoms with Gasteiger partial charge in [-0.05, 0) is 51.9 Å². The Kier molecular flexibility index (Phi) is 18.1. The highest BCUT2D eigenvalue weighted by Gasteiger charge is 2.34. The summed E-state index contributed by atoms with van der Waals surface area (Å²) in [7, 11) is 0. The fraction of sp³-hybridized carbons (Fsp3) is 0.719. The second kappa shape index (κ2) is 20.9. The van der Waals surface area contributed by atoms with Gasteiger partial charge in [0.1, 0.15) is 36.6 Å². The Bertz CT molecular complexity index is 1320. The maximum absolute atomic E-state index is 13.0. The molecule has 0 bridgehead atoms. The van der Waals surface area contributed by atoms with Crippen LogP contribution >= 0.6 is 0 Å². The van der Waals surface area contributed by atoms with Crippen LogP contribution in [0.4, 0.5) is 0 Å². The van der Waals surface area contributed by atoms with Crippen molar-refractivity contribution in [3.63, 3.8) is 0 Å². The minimum atomic E-state index is -1.91. The molecular weight excluding hydrogens is 660 g/mol. The Balaban J connectivity index is 2.00. The van der Waals surface area contributed by atoms with E-state index in [0.717, 1.165) is 29.9 Å². The van der Waals surface area contributed by atoms with Crippen molar-refractivity contribution in [3.8, 4) is 0 Å². The number of aryl methyl sites for hydroxylation is 2. The fourth-order valence-electron chi connectivity index (χ4n) is 5.89. The SMILES string of the molecule is CCn1c(C)[n+](CC)c2ccc(C(=O)NCC[C@H](NCCCN(C[C@H](O)[C@@H](O)[C@H](O)[C@H](O)CO)C[C@H](O)[C@@H](O)[C@H](O)[C@H](O)CO)C(N)=O)cc21. The van der Waals surface area contributed by atoms with Crippen LogP contribution in [0.25, 0.3) is 11.0 Å². The largest absolute Gasteiger partial charge is 0.394 e. The van der Waals surface area contributed by atoms with Crippen LogP contribution in [0.1, 0.15) is 42.9 Å².